The summed E-state index contributed by atoms with van der Waals surface area (Å²) in [4.78, 5) is 21.7. The van der Waals surface area contributed by atoms with Crippen molar-refractivity contribution < 1.29 is 8.91 Å². The summed E-state index contributed by atoms with van der Waals surface area (Å²) < 4.78 is 20.4. The highest BCUT2D eigenvalue weighted by Crippen LogP contribution is 2.29. The minimum Gasteiger partial charge on any atom is -0.354 e. The van der Waals surface area contributed by atoms with Crippen LogP contribution in [-0.4, -0.2) is 26.4 Å². The molecule has 0 bridgehead atoms. The Morgan fingerprint density at radius 1 is 1.09 bits per heavy atom. The number of nitrogens with two attached hydrogens (primary N) is 1. The van der Waals surface area contributed by atoms with E-state index in [1.807, 2.05) is 31.3 Å². The van der Waals surface area contributed by atoms with Crippen molar-refractivity contribution in [3.05, 3.63) is 76.5 Å². The molecule has 0 saturated heterocycles. The molecule has 4 rings (SSSR count). The van der Waals surface area contributed by atoms with Crippen LogP contribution in [0, 0.1) is 6.92 Å². The molecule has 1 atom stereocenters. The van der Waals surface area contributed by atoms with Gasteiger partial charge in [0, 0.05) is 35.5 Å². The molecule has 3 aromatic heterocycles. The summed E-state index contributed by atoms with van der Waals surface area (Å²) in [6.45, 7) is 5.35. The third kappa shape index (κ3) is 4.68. The lowest BCUT2D eigenvalue weighted by Gasteiger charge is -2.17. The number of aryl methyl sites for hydroxylation is 1. The van der Waals surface area contributed by atoms with Crippen molar-refractivity contribution in [3.63, 3.8) is 0 Å². The maximum Gasteiger partial charge on any atom is 0.250 e. The van der Waals surface area contributed by atoms with Gasteiger partial charge in [-0.25, -0.2) is 9.37 Å². The zero-order valence-corrected chi connectivity index (χ0v) is 19.5. The molecule has 0 amide bonds. The van der Waals surface area contributed by atoms with Crippen LogP contribution >= 0.6 is 0 Å². The van der Waals surface area contributed by atoms with Gasteiger partial charge in [-0.15, -0.1) is 0 Å². The van der Waals surface area contributed by atoms with E-state index < -0.39 is 12.7 Å². The van der Waals surface area contributed by atoms with Crippen LogP contribution in [0.1, 0.15) is 50.0 Å². The summed E-state index contributed by atoms with van der Waals surface area (Å²) in [5.41, 5.74) is 10.5. The first-order valence-electron chi connectivity index (χ1n) is 11.4. The van der Waals surface area contributed by atoms with Crippen molar-refractivity contribution in [3.8, 4) is 34.0 Å². The van der Waals surface area contributed by atoms with Gasteiger partial charge in [-0.2, -0.15) is 0 Å². The van der Waals surface area contributed by atoms with Gasteiger partial charge in [0.1, 0.15) is 18.1 Å². The molecule has 0 spiro atoms. The van der Waals surface area contributed by atoms with E-state index in [-0.39, 0.29) is 11.6 Å². The zero-order valence-electron chi connectivity index (χ0n) is 19.5. The maximum atomic E-state index is 13.0. The van der Waals surface area contributed by atoms with Crippen molar-refractivity contribution in [2.24, 2.45) is 5.73 Å². The maximum absolute atomic E-state index is 13.0. The van der Waals surface area contributed by atoms with Gasteiger partial charge in [0.2, 0.25) is 0 Å². The predicted octanol–water partition coefficient (Wildman–Crippen LogP) is 5.27. The van der Waals surface area contributed by atoms with Crippen molar-refractivity contribution >= 4 is 0 Å². The summed E-state index contributed by atoms with van der Waals surface area (Å²) in [5.74, 6) is 0.468. The first-order valence-corrected chi connectivity index (χ1v) is 11.4. The van der Waals surface area contributed by atoms with Crippen LogP contribution in [0.3, 0.4) is 0 Å². The summed E-state index contributed by atoms with van der Waals surface area (Å²) in [6, 6.07) is 11.8. The highest BCUT2D eigenvalue weighted by molar-refractivity contribution is 5.68. The lowest BCUT2D eigenvalue weighted by molar-refractivity contribution is 0.433. The lowest BCUT2D eigenvalue weighted by atomic mass is 10.0. The highest BCUT2D eigenvalue weighted by atomic mass is 19.1. The molecule has 2 N–H and O–H groups in total. The molecule has 0 fully saturated rings. The van der Waals surface area contributed by atoms with E-state index in [1.54, 1.807) is 35.0 Å². The van der Waals surface area contributed by atoms with Crippen LogP contribution in [0.5, 0.6) is 0 Å². The molecule has 0 radical (unpaired) electrons. The van der Waals surface area contributed by atoms with Gasteiger partial charge in [-0.05, 0) is 37.5 Å². The summed E-state index contributed by atoms with van der Waals surface area (Å²) in [5, 5.41) is 4.18. The minimum absolute atomic E-state index is 0.0349. The van der Waals surface area contributed by atoms with Crippen LogP contribution in [0.2, 0.25) is 0 Å². The second-order valence-electron chi connectivity index (χ2n) is 8.29. The molecule has 1 aromatic carbocycles. The SMILES string of the molecule is CCC(CC)n1cc(-c2cnc(C)c(-c3cc(-c4cccc(C(N)CF)c4)no3)n2)ccc1=O. The highest BCUT2D eigenvalue weighted by Gasteiger charge is 2.17. The Labute approximate surface area is 197 Å². The fourth-order valence-corrected chi connectivity index (χ4v) is 3.98. The number of benzene rings is 1. The minimum atomic E-state index is -0.681. The molecule has 0 aliphatic heterocycles. The molecule has 8 heteroatoms. The molecule has 0 saturated carbocycles. The first kappa shape index (κ1) is 23.5. The van der Waals surface area contributed by atoms with Gasteiger partial charge in [0.05, 0.1) is 23.6 Å². The summed E-state index contributed by atoms with van der Waals surface area (Å²) in [7, 11) is 0. The Morgan fingerprint density at radius 2 is 1.88 bits per heavy atom. The number of halogens is 1. The molecular formula is C26H28FN5O2. The van der Waals surface area contributed by atoms with Gasteiger partial charge in [-0.3, -0.25) is 9.78 Å². The van der Waals surface area contributed by atoms with Crippen LogP contribution in [0.4, 0.5) is 4.39 Å². The van der Waals surface area contributed by atoms with Crippen LogP contribution in [0.25, 0.3) is 34.0 Å². The molecule has 1 unspecified atom stereocenters. The number of hydrogen-bond donors (Lipinski definition) is 1. The van der Waals surface area contributed by atoms with E-state index in [4.69, 9.17) is 15.2 Å². The summed E-state index contributed by atoms with van der Waals surface area (Å²) in [6.07, 6.45) is 5.26. The number of rotatable bonds is 8. The first-order chi connectivity index (χ1) is 16.4. The standard InChI is InChI=1S/C26H28FN5O2/c1-4-20(5-2)32-15-19(9-10-25(32)33)23-14-29-16(3)26(30-23)24-12-22(31-34-24)18-8-6-7-17(11-18)21(28)13-27/h6-12,14-15,20-21H,4-5,13,28H2,1-3H3. The van der Waals surface area contributed by atoms with Crippen molar-refractivity contribution in [2.45, 2.75) is 45.7 Å². The molecular weight excluding hydrogens is 433 g/mol. The van der Waals surface area contributed by atoms with Gasteiger partial charge < -0.3 is 14.8 Å². The Kier molecular flexibility index (Phi) is 6.98. The largest absolute Gasteiger partial charge is 0.354 e. The topological polar surface area (TPSA) is 99.8 Å². The Bertz CT molecular complexity index is 1340. The third-order valence-electron chi connectivity index (χ3n) is 6.05. The molecule has 7 nitrogen and oxygen atoms in total. The van der Waals surface area contributed by atoms with Gasteiger partial charge >= 0.3 is 0 Å². The van der Waals surface area contributed by atoms with E-state index in [0.29, 0.717) is 34.1 Å². The predicted molar refractivity (Wildman–Crippen MR) is 130 cm³/mol. The molecule has 34 heavy (non-hydrogen) atoms. The number of aromatic nitrogens is 4. The van der Waals surface area contributed by atoms with Crippen molar-refractivity contribution in [2.75, 3.05) is 6.67 Å². The Hall–Kier alpha value is -3.65. The lowest BCUT2D eigenvalue weighted by Crippen LogP contribution is -2.23. The van der Waals surface area contributed by atoms with E-state index in [1.165, 1.54) is 0 Å². The summed E-state index contributed by atoms with van der Waals surface area (Å²) >= 11 is 0. The Morgan fingerprint density at radius 3 is 2.62 bits per heavy atom. The molecule has 0 aliphatic rings. The molecule has 4 aromatic rings. The van der Waals surface area contributed by atoms with Crippen LogP contribution in [-0.2, 0) is 0 Å². The van der Waals surface area contributed by atoms with Crippen molar-refractivity contribution in [1.29, 1.82) is 0 Å². The van der Waals surface area contributed by atoms with E-state index in [2.05, 4.69) is 24.0 Å². The number of hydrogen-bond acceptors (Lipinski definition) is 6. The average molecular weight is 462 g/mol. The smallest absolute Gasteiger partial charge is 0.250 e. The number of alkyl halides is 1. The molecule has 3 heterocycles. The molecule has 176 valence electrons. The average Bonchev–Trinajstić information content (AvgIpc) is 3.36. The van der Waals surface area contributed by atoms with Gasteiger partial charge in [0.25, 0.3) is 5.56 Å². The van der Waals surface area contributed by atoms with Gasteiger partial charge in [0.15, 0.2) is 5.76 Å². The number of pyridine rings is 1. The van der Waals surface area contributed by atoms with E-state index >= 15 is 0 Å². The van der Waals surface area contributed by atoms with Crippen LogP contribution in [0.15, 0.2) is 64.2 Å². The second-order valence-corrected chi connectivity index (χ2v) is 8.29. The van der Waals surface area contributed by atoms with E-state index in [9.17, 15) is 9.18 Å². The van der Waals surface area contributed by atoms with Gasteiger partial charge in [-0.1, -0.05) is 37.2 Å². The normalized spacial score (nSPS) is 12.3. The number of nitrogens with zero attached hydrogens (tertiary/aromatic N) is 4. The zero-order chi connectivity index (χ0) is 24.2. The Balaban J connectivity index is 1.71. The van der Waals surface area contributed by atoms with E-state index in [0.717, 1.165) is 24.0 Å². The second kappa shape index (κ2) is 10.1. The fourth-order valence-electron chi connectivity index (χ4n) is 3.98. The van der Waals surface area contributed by atoms with Crippen molar-refractivity contribution in [1.82, 2.24) is 19.7 Å². The monoisotopic (exact) mass is 461 g/mol. The molecule has 0 aliphatic carbocycles. The third-order valence-corrected chi connectivity index (χ3v) is 6.05. The fraction of sp³-hybridized carbons (Fsp3) is 0.308. The van der Waals surface area contributed by atoms with Crippen LogP contribution < -0.4 is 11.3 Å². The quantitative estimate of drug-likeness (QED) is 0.384.